The van der Waals surface area contributed by atoms with Crippen molar-refractivity contribution in [3.05, 3.63) is 60.2 Å². The molecule has 1 atom stereocenters. The maximum atomic E-state index is 13.3. The number of piperidine rings is 1. The smallest absolute Gasteiger partial charge is 0.324 e. The number of carbonyl (C=O) groups excluding carboxylic acids is 1. The summed E-state index contributed by atoms with van der Waals surface area (Å²) in [6.45, 7) is 5.76. The Morgan fingerprint density at radius 1 is 1.03 bits per heavy atom. The summed E-state index contributed by atoms with van der Waals surface area (Å²) in [5.41, 5.74) is 2.19. The molecule has 2 aliphatic heterocycles. The number of piperazine rings is 1. The zero-order valence-electron chi connectivity index (χ0n) is 19.6. The van der Waals surface area contributed by atoms with Crippen LogP contribution in [-0.2, 0) is 11.3 Å². The number of rotatable bonds is 6. The van der Waals surface area contributed by atoms with Crippen LogP contribution in [-0.4, -0.2) is 72.2 Å². The number of methoxy groups -OCH3 is 1. The zero-order valence-corrected chi connectivity index (χ0v) is 19.6. The average Bonchev–Trinajstić information content (AvgIpc) is 3.40. The number of hydrogen-bond donors (Lipinski definition) is 0. The predicted molar refractivity (Wildman–Crippen MR) is 130 cm³/mol. The second-order valence-corrected chi connectivity index (χ2v) is 9.00. The molecule has 8 nitrogen and oxygen atoms in total. The fraction of sp³-hybridized carbons (Fsp3) is 0.423. The quantitative estimate of drug-likeness (QED) is 0.558. The van der Waals surface area contributed by atoms with E-state index in [0.717, 1.165) is 63.4 Å². The molecule has 1 aromatic heterocycles. The van der Waals surface area contributed by atoms with Gasteiger partial charge in [-0.3, -0.25) is 9.69 Å². The third-order valence-corrected chi connectivity index (χ3v) is 6.74. The number of ether oxygens (including phenoxy) is 1. The lowest BCUT2D eigenvalue weighted by Gasteiger charge is -2.38. The maximum Gasteiger partial charge on any atom is 0.324 e. The Morgan fingerprint density at radius 3 is 2.53 bits per heavy atom. The van der Waals surface area contributed by atoms with Gasteiger partial charge in [0.1, 0.15) is 5.75 Å². The summed E-state index contributed by atoms with van der Waals surface area (Å²) in [5, 5.41) is 4.15. The monoisotopic (exact) mass is 461 g/mol. The van der Waals surface area contributed by atoms with Crippen LogP contribution in [0.25, 0.3) is 11.4 Å². The molecule has 1 unspecified atom stereocenters. The van der Waals surface area contributed by atoms with Crippen LogP contribution in [0.4, 0.5) is 6.01 Å². The molecule has 2 saturated heterocycles. The fourth-order valence-electron chi connectivity index (χ4n) is 4.78. The molecule has 34 heavy (non-hydrogen) atoms. The van der Waals surface area contributed by atoms with Crippen molar-refractivity contribution in [2.75, 3.05) is 51.3 Å². The van der Waals surface area contributed by atoms with Crippen LogP contribution in [0.3, 0.4) is 0 Å². The molecule has 5 rings (SSSR count). The first kappa shape index (κ1) is 22.4. The minimum Gasteiger partial charge on any atom is -0.497 e. The fourth-order valence-corrected chi connectivity index (χ4v) is 4.78. The van der Waals surface area contributed by atoms with Crippen LogP contribution in [0.5, 0.6) is 5.75 Å². The highest BCUT2D eigenvalue weighted by atomic mass is 16.5. The Kier molecular flexibility index (Phi) is 6.76. The molecule has 2 aliphatic rings. The van der Waals surface area contributed by atoms with Crippen molar-refractivity contribution in [1.82, 2.24) is 19.9 Å². The van der Waals surface area contributed by atoms with Gasteiger partial charge in [0.25, 0.3) is 0 Å². The van der Waals surface area contributed by atoms with E-state index < -0.39 is 0 Å². The first-order valence-corrected chi connectivity index (χ1v) is 12.0. The molecule has 0 bridgehead atoms. The Hall–Kier alpha value is -3.39. The summed E-state index contributed by atoms with van der Waals surface area (Å²) in [6, 6.07) is 18.6. The number of anilines is 1. The van der Waals surface area contributed by atoms with Gasteiger partial charge in [0, 0.05) is 51.4 Å². The van der Waals surface area contributed by atoms with E-state index in [1.54, 1.807) is 7.11 Å². The SMILES string of the molecule is COc1ccc(-c2noc(N3CCCC(C(=O)N4CCN(Cc5ccccc5)CC4)C3)n2)cc1. The molecule has 178 valence electrons. The van der Waals surface area contributed by atoms with Gasteiger partial charge in [0.2, 0.25) is 11.7 Å². The molecule has 0 aliphatic carbocycles. The number of benzene rings is 2. The van der Waals surface area contributed by atoms with E-state index in [0.29, 0.717) is 18.4 Å². The molecule has 3 aromatic rings. The molecule has 0 N–H and O–H groups in total. The molecule has 1 amide bonds. The van der Waals surface area contributed by atoms with E-state index in [2.05, 4.69) is 44.2 Å². The summed E-state index contributed by atoms with van der Waals surface area (Å²) in [5.74, 6) is 1.54. The van der Waals surface area contributed by atoms with Gasteiger partial charge in [-0.05, 0) is 42.7 Å². The van der Waals surface area contributed by atoms with Crippen LogP contribution in [0.15, 0.2) is 59.1 Å². The van der Waals surface area contributed by atoms with Gasteiger partial charge in [-0.15, -0.1) is 0 Å². The normalized spacial score (nSPS) is 19.3. The minimum atomic E-state index is -0.0363. The highest BCUT2D eigenvalue weighted by molar-refractivity contribution is 5.79. The Morgan fingerprint density at radius 2 is 1.79 bits per heavy atom. The molecule has 3 heterocycles. The van der Waals surface area contributed by atoms with Gasteiger partial charge in [0.05, 0.1) is 13.0 Å². The minimum absolute atomic E-state index is 0.0363. The molecule has 0 saturated carbocycles. The van der Waals surface area contributed by atoms with Crippen molar-refractivity contribution in [2.45, 2.75) is 19.4 Å². The van der Waals surface area contributed by atoms with Gasteiger partial charge in [0.15, 0.2) is 0 Å². The van der Waals surface area contributed by atoms with Gasteiger partial charge in [-0.25, -0.2) is 0 Å². The molecular formula is C26H31N5O3. The Bertz CT molecular complexity index is 1080. The predicted octanol–water partition coefficient (Wildman–Crippen LogP) is 3.31. The van der Waals surface area contributed by atoms with Crippen LogP contribution in [0.1, 0.15) is 18.4 Å². The molecule has 0 spiro atoms. The van der Waals surface area contributed by atoms with E-state index in [9.17, 15) is 4.79 Å². The van der Waals surface area contributed by atoms with Crippen molar-refractivity contribution in [1.29, 1.82) is 0 Å². The zero-order chi connectivity index (χ0) is 23.3. The average molecular weight is 462 g/mol. The van der Waals surface area contributed by atoms with Crippen molar-refractivity contribution >= 4 is 11.9 Å². The Labute approximate surface area is 200 Å². The van der Waals surface area contributed by atoms with Crippen molar-refractivity contribution in [2.24, 2.45) is 5.92 Å². The van der Waals surface area contributed by atoms with Crippen LogP contribution in [0.2, 0.25) is 0 Å². The van der Waals surface area contributed by atoms with Crippen LogP contribution >= 0.6 is 0 Å². The third-order valence-electron chi connectivity index (χ3n) is 6.74. The van der Waals surface area contributed by atoms with Crippen LogP contribution < -0.4 is 9.64 Å². The summed E-state index contributed by atoms with van der Waals surface area (Å²) >= 11 is 0. The highest BCUT2D eigenvalue weighted by Gasteiger charge is 2.32. The first-order chi connectivity index (χ1) is 16.7. The number of aromatic nitrogens is 2. The lowest BCUT2D eigenvalue weighted by Crippen LogP contribution is -2.52. The lowest BCUT2D eigenvalue weighted by atomic mass is 9.96. The second-order valence-electron chi connectivity index (χ2n) is 9.00. The third kappa shape index (κ3) is 5.07. The standard InChI is InChI=1S/C26H31N5O3/c1-33-23-11-9-21(10-12-23)24-27-26(34-28-24)31-13-5-8-22(19-31)25(32)30-16-14-29(15-17-30)18-20-6-3-2-4-7-20/h2-4,6-7,9-12,22H,5,8,13-19H2,1H3. The molecule has 8 heteroatoms. The molecule has 2 fully saturated rings. The van der Waals surface area contributed by atoms with Gasteiger partial charge < -0.3 is 19.1 Å². The second kappa shape index (κ2) is 10.3. The van der Waals surface area contributed by atoms with Crippen molar-refractivity contribution < 1.29 is 14.1 Å². The summed E-state index contributed by atoms with van der Waals surface area (Å²) in [7, 11) is 1.64. The van der Waals surface area contributed by atoms with Gasteiger partial charge in [-0.1, -0.05) is 35.5 Å². The largest absolute Gasteiger partial charge is 0.497 e. The molecule has 0 radical (unpaired) electrons. The van der Waals surface area contributed by atoms with E-state index in [4.69, 9.17) is 9.26 Å². The van der Waals surface area contributed by atoms with E-state index in [-0.39, 0.29) is 11.8 Å². The summed E-state index contributed by atoms with van der Waals surface area (Å²) in [4.78, 5) is 24.4. The van der Waals surface area contributed by atoms with Crippen molar-refractivity contribution in [3.63, 3.8) is 0 Å². The topological polar surface area (TPSA) is 74.9 Å². The maximum absolute atomic E-state index is 13.3. The van der Waals surface area contributed by atoms with E-state index in [1.807, 2.05) is 35.2 Å². The first-order valence-electron chi connectivity index (χ1n) is 12.0. The number of carbonyl (C=O) groups is 1. The van der Waals surface area contributed by atoms with E-state index in [1.165, 1.54) is 5.56 Å². The Balaban J connectivity index is 1.16. The summed E-state index contributed by atoms with van der Waals surface area (Å²) in [6.07, 6.45) is 1.84. The van der Waals surface area contributed by atoms with Gasteiger partial charge >= 0.3 is 6.01 Å². The molecular weight excluding hydrogens is 430 g/mol. The van der Waals surface area contributed by atoms with Crippen molar-refractivity contribution in [3.8, 4) is 17.1 Å². The lowest BCUT2D eigenvalue weighted by molar-refractivity contribution is -0.137. The van der Waals surface area contributed by atoms with E-state index >= 15 is 0 Å². The highest BCUT2D eigenvalue weighted by Crippen LogP contribution is 2.27. The van der Waals surface area contributed by atoms with Gasteiger partial charge in [-0.2, -0.15) is 4.98 Å². The number of hydrogen-bond acceptors (Lipinski definition) is 7. The summed E-state index contributed by atoms with van der Waals surface area (Å²) < 4.78 is 10.8. The molecule has 2 aromatic carbocycles. The number of amides is 1. The van der Waals surface area contributed by atoms with Crippen LogP contribution in [0, 0.1) is 5.92 Å². The number of nitrogens with zero attached hydrogens (tertiary/aromatic N) is 5.